The third kappa shape index (κ3) is 5.63. The lowest BCUT2D eigenvalue weighted by atomic mass is 9.96. The third-order valence-electron chi connectivity index (χ3n) is 7.21. The summed E-state index contributed by atoms with van der Waals surface area (Å²) in [5.74, 6) is 0.252. The fourth-order valence-electron chi connectivity index (χ4n) is 4.86. The average molecular weight is 547 g/mol. The van der Waals surface area contributed by atoms with Gasteiger partial charge in [-0.2, -0.15) is 21.6 Å². The van der Waals surface area contributed by atoms with Crippen LogP contribution in [0.1, 0.15) is 43.2 Å². The van der Waals surface area contributed by atoms with Crippen LogP contribution >= 0.6 is 0 Å². The van der Waals surface area contributed by atoms with Gasteiger partial charge in [0.2, 0.25) is 0 Å². The molecule has 1 aromatic carbocycles. The highest BCUT2D eigenvalue weighted by Gasteiger charge is 2.43. The maximum absolute atomic E-state index is 13.9. The average Bonchev–Trinajstić information content (AvgIpc) is 3.67. The largest absolute Gasteiger partial charge is 0.418 e. The fraction of sp³-hybridized carbons (Fsp3) is 0.407. The number of hydrogen-bond donors (Lipinski definition) is 2. The Bertz CT molecular complexity index is 1430. The van der Waals surface area contributed by atoms with E-state index < -0.39 is 21.8 Å². The smallest absolute Gasteiger partial charge is 0.396 e. The first-order valence-electron chi connectivity index (χ1n) is 12.6. The molecule has 0 atom stereocenters. The maximum Gasteiger partial charge on any atom is 0.418 e. The summed E-state index contributed by atoms with van der Waals surface area (Å²) in [6, 6.07) is 13.3. The van der Waals surface area contributed by atoms with Crippen molar-refractivity contribution in [2.75, 3.05) is 29.3 Å². The lowest BCUT2D eigenvalue weighted by Crippen LogP contribution is -2.34. The van der Waals surface area contributed by atoms with E-state index in [2.05, 4.69) is 14.7 Å². The number of nitrogens with one attached hydrogen (secondary N) is 1. The van der Waals surface area contributed by atoms with Gasteiger partial charge in [0, 0.05) is 24.1 Å². The predicted octanol–water partition coefficient (Wildman–Crippen LogP) is 5.27. The van der Waals surface area contributed by atoms with Crippen molar-refractivity contribution in [2.24, 2.45) is 5.41 Å². The number of pyridine rings is 2. The van der Waals surface area contributed by atoms with Gasteiger partial charge in [0.25, 0.3) is 10.0 Å². The van der Waals surface area contributed by atoms with E-state index in [1.165, 1.54) is 6.07 Å². The lowest BCUT2D eigenvalue weighted by Gasteiger charge is -2.28. The molecule has 7 nitrogen and oxygen atoms in total. The Morgan fingerprint density at radius 3 is 2.50 bits per heavy atom. The van der Waals surface area contributed by atoms with Crippen molar-refractivity contribution in [1.82, 2.24) is 9.97 Å². The molecule has 5 rings (SSSR count). The van der Waals surface area contributed by atoms with Gasteiger partial charge >= 0.3 is 6.18 Å². The van der Waals surface area contributed by atoms with E-state index in [4.69, 9.17) is 0 Å². The number of hydrogen-bond acceptors (Lipinski definition) is 6. The van der Waals surface area contributed by atoms with E-state index in [-0.39, 0.29) is 28.6 Å². The summed E-state index contributed by atoms with van der Waals surface area (Å²) < 4.78 is 70.6. The Morgan fingerprint density at radius 1 is 0.974 bits per heavy atom. The minimum Gasteiger partial charge on any atom is -0.396 e. The minimum atomic E-state index is -4.67. The van der Waals surface area contributed by atoms with E-state index in [1.807, 2.05) is 4.90 Å². The fourth-order valence-corrected chi connectivity index (χ4v) is 5.82. The number of nitrogens with zero attached hydrogens (tertiary/aromatic N) is 3. The molecule has 202 valence electrons. The van der Waals surface area contributed by atoms with Crippen molar-refractivity contribution in [3.63, 3.8) is 0 Å². The van der Waals surface area contributed by atoms with Gasteiger partial charge in [0.05, 0.1) is 17.9 Å². The second kappa shape index (κ2) is 10.2. The molecule has 3 aromatic rings. The van der Waals surface area contributed by atoms with Gasteiger partial charge in [-0.3, -0.25) is 4.72 Å². The van der Waals surface area contributed by atoms with Crippen LogP contribution in [0.5, 0.6) is 0 Å². The number of benzene rings is 1. The van der Waals surface area contributed by atoms with Crippen LogP contribution in [0.3, 0.4) is 0 Å². The molecule has 1 fully saturated rings. The zero-order valence-corrected chi connectivity index (χ0v) is 21.5. The van der Waals surface area contributed by atoms with Crippen LogP contribution in [0, 0.1) is 5.41 Å². The highest BCUT2D eigenvalue weighted by Crippen LogP contribution is 2.46. The van der Waals surface area contributed by atoms with Gasteiger partial charge in [-0.05, 0) is 61.9 Å². The minimum absolute atomic E-state index is 0.0573. The first-order valence-corrected chi connectivity index (χ1v) is 14.1. The Balaban J connectivity index is 1.59. The molecule has 1 aliphatic carbocycles. The van der Waals surface area contributed by atoms with E-state index in [1.54, 1.807) is 36.4 Å². The molecule has 11 heteroatoms. The normalized spacial score (nSPS) is 18.8. The number of aryl methyl sites for hydroxylation is 1. The molecule has 2 N–H and O–H groups in total. The molecule has 1 aliphatic heterocycles. The quantitative estimate of drug-likeness (QED) is 0.465. The summed E-state index contributed by atoms with van der Waals surface area (Å²) in [4.78, 5) is 10.6. The van der Waals surface area contributed by atoms with Crippen molar-refractivity contribution in [2.45, 2.75) is 49.7 Å². The van der Waals surface area contributed by atoms with E-state index in [0.717, 1.165) is 49.8 Å². The van der Waals surface area contributed by atoms with Gasteiger partial charge in [-0.15, -0.1) is 0 Å². The van der Waals surface area contributed by atoms with Gasteiger partial charge < -0.3 is 10.0 Å². The Kier molecular flexibility index (Phi) is 7.08. The molecular weight excluding hydrogens is 517 g/mol. The molecule has 2 aromatic heterocycles. The number of aliphatic hydroxyl groups is 1. The van der Waals surface area contributed by atoms with Crippen LogP contribution in [0.4, 0.5) is 24.8 Å². The maximum atomic E-state index is 13.9. The SMILES string of the molecule is O=S1(=O)Nc2ccc(C(F)(F)F)c(n2)-c2ccccc2CCCCCN(CC2(CO)CC2)c2cccc1n2. The van der Waals surface area contributed by atoms with Crippen molar-refractivity contribution in [3.05, 3.63) is 65.7 Å². The number of aliphatic hydroxyl groups excluding tert-OH is 1. The molecule has 0 unspecified atom stereocenters. The summed E-state index contributed by atoms with van der Waals surface area (Å²) in [5.41, 5.74) is -0.392. The molecule has 3 heterocycles. The summed E-state index contributed by atoms with van der Waals surface area (Å²) in [5, 5.41) is 9.62. The predicted molar refractivity (Wildman–Crippen MR) is 138 cm³/mol. The topological polar surface area (TPSA) is 95.4 Å². The van der Waals surface area contributed by atoms with Crippen LogP contribution in [-0.4, -0.2) is 43.2 Å². The first-order chi connectivity index (χ1) is 18.1. The van der Waals surface area contributed by atoms with Crippen molar-refractivity contribution >= 4 is 21.7 Å². The van der Waals surface area contributed by atoms with Crippen molar-refractivity contribution in [1.29, 1.82) is 0 Å². The zero-order valence-electron chi connectivity index (χ0n) is 20.7. The van der Waals surface area contributed by atoms with Crippen LogP contribution in [0.15, 0.2) is 59.6 Å². The van der Waals surface area contributed by atoms with Gasteiger partial charge in [0.1, 0.15) is 11.6 Å². The Morgan fingerprint density at radius 2 is 1.76 bits per heavy atom. The molecule has 38 heavy (non-hydrogen) atoms. The number of halogens is 3. The van der Waals surface area contributed by atoms with Crippen LogP contribution < -0.4 is 9.62 Å². The van der Waals surface area contributed by atoms with Gasteiger partial charge in [-0.25, -0.2) is 9.97 Å². The Labute approximate surface area is 219 Å². The van der Waals surface area contributed by atoms with Crippen LogP contribution in [-0.2, 0) is 22.6 Å². The van der Waals surface area contributed by atoms with Gasteiger partial charge in [-0.1, -0.05) is 36.8 Å². The van der Waals surface area contributed by atoms with Gasteiger partial charge in [0.15, 0.2) is 5.03 Å². The number of rotatable bonds is 3. The molecular formula is C27H29F3N4O3S. The molecule has 2 aliphatic rings. The molecule has 0 spiro atoms. The second-order valence-corrected chi connectivity index (χ2v) is 11.7. The third-order valence-corrected chi connectivity index (χ3v) is 8.47. The summed E-state index contributed by atoms with van der Waals surface area (Å²) in [7, 11) is -4.25. The van der Waals surface area contributed by atoms with E-state index >= 15 is 0 Å². The molecule has 0 saturated heterocycles. The number of fused-ring (bicyclic) bond motifs is 6. The molecule has 0 radical (unpaired) electrons. The van der Waals surface area contributed by atoms with Crippen molar-refractivity contribution in [3.8, 4) is 11.3 Å². The summed E-state index contributed by atoms with van der Waals surface area (Å²) in [6.07, 6.45) is 0.0474. The highest BCUT2D eigenvalue weighted by molar-refractivity contribution is 7.92. The second-order valence-electron chi connectivity index (χ2n) is 10.1. The monoisotopic (exact) mass is 546 g/mol. The number of alkyl halides is 3. The molecule has 1 saturated carbocycles. The Hall–Kier alpha value is -3.18. The molecule has 4 bridgehead atoms. The number of anilines is 2. The summed E-state index contributed by atoms with van der Waals surface area (Å²) in [6.45, 7) is 1.24. The van der Waals surface area contributed by atoms with E-state index in [9.17, 15) is 26.7 Å². The van der Waals surface area contributed by atoms with Crippen LogP contribution in [0.25, 0.3) is 11.3 Å². The summed E-state index contributed by atoms with van der Waals surface area (Å²) >= 11 is 0. The number of aromatic nitrogens is 2. The number of sulfonamides is 1. The lowest BCUT2D eigenvalue weighted by molar-refractivity contribution is -0.137. The highest BCUT2D eigenvalue weighted by atomic mass is 32.2. The molecule has 0 amide bonds. The van der Waals surface area contributed by atoms with E-state index in [0.29, 0.717) is 30.9 Å². The first kappa shape index (κ1) is 26.4. The van der Waals surface area contributed by atoms with Crippen molar-refractivity contribution < 1.29 is 26.7 Å². The van der Waals surface area contributed by atoms with Crippen LogP contribution in [0.2, 0.25) is 0 Å². The standard InChI is InChI=1S/C27H29F3N4O3S/c28-27(29,30)21-12-13-22-31-25(21)20-9-4-3-8-19(20)7-2-1-5-16-34(17-26(18-35)14-15-26)23-10-6-11-24(32-23)38(36,37)33-22/h3-4,6,8-13,35H,1-2,5,7,14-18H2,(H,31,33). The zero-order chi connectivity index (χ0) is 27.0.